The van der Waals surface area contributed by atoms with Crippen molar-refractivity contribution in [2.75, 3.05) is 25.0 Å². The summed E-state index contributed by atoms with van der Waals surface area (Å²) in [5.41, 5.74) is 1.05. The second-order valence-corrected chi connectivity index (χ2v) is 8.87. The van der Waals surface area contributed by atoms with E-state index in [9.17, 15) is 14.4 Å². The van der Waals surface area contributed by atoms with Gasteiger partial charge in [0.05, 0.1) is 12.9 Å². The molecule has 0 aromatic heterocycles. The van der Waals surface area contributed by atoms with E-state index in [2.05, 4.69) is 21.3 Å². The van der Waals surface area contributed by atoms with Crippen LogP contribution in [0.4, 0.5) is 5.69 Å². The zero-order valence-electron chi connectivity index (χ0n) is 18.6. The average molecular weight is 487 g/mol. The van der Waals surface area contributed by atoms with E-state index in [1.165, 1.54) is 11.8 Å². The number of amides is 3. The molecule has 3 amide bonds. The number of rotatable bonds is 9. The van der Waals surface area contributed by atoms with Crippen LogP contribution in [0.2, 0.25) is 0 Å². The van der Waals surface area contributed by atoms with Crippen molar-refractivity contribution in [2.24, 2.45) is 0 Å². The van der Waals surface area contributed by atoms with Gasteiger partial charge >= 0.3 is 0 Å². The average Bonchev–Trinajstić information content (AvgIpc) is 3.29. The van der Waals surface area contributed by atoms with Gasteiger partial charge < -0.3 is 30.2 Å². The Balaban J connectivity index is 1.21. The van der Waals surface area contributed by atoms with Gasteiger partial charge in [0, 0.05) is 37.2 Å². The third-order valence-electron chi connectivity index (χ3n) is 5.20. The van der Waals surface area contributed by atoms with Gasteiger partial charge in [-0.05, 0) is 29.8 Å². The quantitative estimate of drug-likeness (QED) is 0.421. The molecular formula is C23H26N4O6S. The number of fused-ring (bicyclic) bond motifs is 1. The molecule has 11 heteroatoms. The predicted molar refractivity (Wildman–Crippen MR) is 127 cm³/mol. The number of carbonyl (C=O) groups excluding carboxylic acids is 3. The number of anilines is 1. The lowest BCUT2D eigenvalue weighted by atomic mass is 10.1. The van der Waals surface area contributed by atoms with Crippen LogP contribution in [0.3, 0.4) is 0 Å². The maximum Gasteiger partial charge on any atom is 0.234 e. The van der Waals surface area contributed by atoms with Crippen molar-refractivity contribution in [3.63, 3.8) is 0 Å². The number of nitrogens with one attached hydrogen (secondary N) is 4. The standard InChI is InChI=1S/C23H26N4O6S/c1-31-17-4-2-3-14(7-17)11-24-20(28)9-16-10-21(29)27-23(26-16)34-12-22(30)25-15-5-6-18-19(8-15)33-13-32-18/h2-8,16,23,26H,9-13H2,1H3,(H,24,28)(H,25,30)(H,27,29). The van der Waals surface area contributed by atoms with Gasteiger partial charge in [0.25, 0.3) is 0 Å². The van der Waals surface area contributed by atoms with Gasteiger partial charge in [-0.25, -0.2) is 0 Å². The Morgan fingerprint density at radius 1 is 1.15 bits per heavy atom. The van der Waals surface area contributed by atoms with Crippen molar-refractivity contribution in [3.05, 3.63) is 48.0 Å². The number of benzene rings is 2. The molecule has 1 fully saturated rings. The summed E-state index contributed by atoms with van der Waals surface area (Å²) >= 11 is 1.24. The van der Waals surface area contributed by atoms with E-state index < -0.39 is 5.50 Å². The Morgan fingerprint density at radius 3 is 2.85 bits per heavy atom. The van der Waals surface area contributed by atoms with Gasteiger partial charge in [0.15, 0.2) is 11.5 Å². The lowest BCUT2D eigenvalue weighted by Crippen LogP contribution is -2.56. The molecule has 2 aliphatic heterocycles. The van der Waals surface area contributed by atoms with Crippen molar-refractivity contribution < 1.29 is 28.6 Å². The molecular weight excluding hydrogens is 460 g/mol. The normalized spacial score (nSPS) is 18.7. The van der Waals surface area contributed by atoms with E-state index in [1.807, 2.05) is 24.3 Å². The Hall–Kier alpha value is -3.44. The first-order valence-corrected chi connectivity index (χ1v) is 11.8. The van der Waals surface area contributed by atoms with Crippen LogP contribution in [0.5, 0.6) is 17.2 Å². The monoisotopic (exact) mass is 486 g/mol. The fraction of sp³-hybridized carbons (Fsp3) is 0.348. The summed E-state index contributed by atoms with van der Waals surface area (Å²) in [5.74, 6) is 1.50. The van der Waals surface area contributed by atoms with Crippen molar-refractivity contribution in [1.82, 2.24) is 16.0 Å². The molecule has 2 aromatic rings. The zero-order valence-corrected chi connectivity index (χ0v) is 19.4. The summed E-state index contributed by atoms with van der Waals surface area (Å²) < 4.78 is 15.8. The van der Waals surface area contributed by atoms with Gasteiger partial charge in [-0.2, -0.15) is 0 Å². The van der Waals surface area contributed by atoms with E-state index in [4.69, 9.17) is 14.2 Å². The molecule has 2 aliphatic rings. The molecule has 0 aliphatic carbocycles. The first kappa shape index (κ1) is 23.7. The smallest absolute Gasteiger partial charge is 0.234 e. The summed E-state index contributed by atoms with van der Waals surface area (Å²) in [6.07, 6.45) is 0.338. The number of hydrogen-bond acceptors (Lipinski definition) is 8. The van der Waals surface area contributed by atoms with Crippen LogP contribution >= 0.6 is 11.8 Å². The molecule has 34 heavy (non-hydrogen) atoms. The Kier molecular flexibility index (Phi) is 7.76. The molecule has 0 radical (unpaired) electrons. The van der Waals surface area contributed by atoms with Crippen LogP contribution in [-0.2, 0) is 20.9 Å². The molecule has 2 heterocycles. The molecule has 4 rings (SSSR count). The van der Waals surface area contributed by atoms with E-state index in [0.29, 0.717) is 23.7 Å². The fourth-order valence-electron chi connectivity index (χ4n) is 3.57. The largest absolute Gasteiger partial charge is 0.497 e. The van der Waals surface area contributed by atoms with Crippen molar-refractivity contribution in [2.45, 2.75) is 30.9 Å². The molecule has 180 valence electrons. The van der Waals surface area contributed by atoms with Gasteiger partial charge in [0.2, 0.25) is 24.5 Å². The molecule has 2 unspecified atom stereocenters. The van der Waals surface area contributed by atoms with Crippen molar-refractivity contribution >= 4 is 35.2 Å². The van der Waals surface area contributed by atoms with Gasteiger partial charge in [-0.3, -0.25) is 19.7 Å². The van der Waals surface area contributed by atoms with Gasteiger partial charge in [0.1, 0.15) is 11.2 Å². The molecule has 1 saturated heterocycles. The number of hydrogen-bond donors (Lipinski definition) is 4. The molecule has 0 saturated carbocycles. The lowest BCUT2D eigenvalue weighted by Gasteiger charge is -2.30. The minimum atomic E-state index is -0.472. The highest BCUT2D eigenvalue weighted by Crippen LogP contribution is 2.34. The van der Waals surface area contributed by atoms with E-state index in [0.717, 1.165) is 11.3 Å². The summed E-state index contributed by atoms with van der Waals surface area (Å²) in [6, 6.07) is 12.3. The maximum atomic E-state index is 12.4. The highest BCUT2D eigenvalue weighted by Gasteiger charge is 2.28. The second kappa shape index (κ2) is 11.1. The van der Waals surface area contributed by atoms with Crippen LogP contribution in [-0.4, -0.2) is 48.9 Å². The molecule has 4 N–H and O–H groups in total. The van der Waals surface area contributed by atoms with Crippen LogP contribution in [0.15, 0.2) is 42.5 Å². The first-order valence-electron chi connectivity index (χ1n) is 10.7. The lowest BCUT2D eigenvalue weighted by molar-refractivity contribution is -0.125. The number of carbonyl (C=O) groups is 3. The summed E-state index contributed by atoms with van der Waals surface area (Å²) in [4.78, 5) is 36.9. The van der Waals surface area contributed by atoms with Crippen LogP contribution < -0.4 is 35.5 Å². The molecule has 10 nitrogen and oxygen atoms in total. The number of ether oxygens (including phenoxy) is 3. The second-order valence-electron chi connectivity index (χ2n) is 7.77. The minimum Gasteiger partial charge on any atom is -0.497 e. The minimum absolute atomic E-state index is 0.112. The first-order chi connectivity index (χ1) is 16.5. The van der Waals surface area contributed by atoms with Crippen LogP contribution in [0, 0.1) is 0 Å². The molecule has 2 aromatic carbocycles. The highest BCUT2D eigenvalue weighted by atomic mass is 32.2. The molecule has 0 bridgehead atoms. The van der Waals surface area contributed by atoms with Crippen molar-refractivity contribution in [1.29, 1.82) is 0 Å². The summed E-state index contributed by atoms with van der Waals surface area (Å²) in [7, 11) is 1.59. The third-order valence-corrected chi connectivity index (χ3v) is 6.22. The van der Waals surface area contributed by atoms with Crippen LogP contribution in [0.25, 0.3) is 0 Å². The predicted octanol–water partition coefficient (Wildman–Crippen LogP) is 1.56. The SMILES string of the molecule is COc1cccc(CNC(=O)CC2CC(=O)NC(SCC(=O)Nc3ccc4c(c3)OCO4)N2)c1. The van der Waals surface area contributed by atoms with E-state index >= 15 is 0 Å². The van der Waals surface area contributed by atoms with E-state index in [-0.39, 0.29) is 49.2 Å². The number of methoxy groups -OCH3 is 1. The zero-order chi connectivity index (χ0) is 23.9. The van der Waals surface area contributed by atoms with Gasteiger partial charge in [-0.15, -0.1) is 11.8 Å². The van der Waals surface area contributed by atoms with Crippen molar-refractivity contribution in [3.8, 4) is 17.2 Å². The Labute approximate surface area is 201 Å². The third kappa shape index (κ3) is 6.55. The topological polar surface area (TPSA) is 127 Å². The maximum absolute atomic E-state index is 12.4. The van der Waals surface area contributed by atoms with Gasteiger partial charge in [-0.1, -0.05) is 12.1 Å². The Bertz CT molecular complexity index is 1070. The highest BCUT2D eigenvalue weighted by molar-refractivity contribution is 8.00. The fourth-order valence-corrected chi connectivity index (χ4v) is 4.47. The number of thioether (sulfide) groups is 1. The molecule has 2 atom stereocenters. The Morgan fingerprint density at radius 2 is 2.00 bits per heavy atom. The summed E-state index contributed by atoms with van der Waals surface area (Å²) in [5, 5.41) is 11.7. The van der Waals surface area contributed by atoms with Crippen LogP contribution in [0.1, 0.15) is 18.4 Å². The summed E-state index contributed by atoms with van der Waals surface area (Å²) in [6.45, 7) is 0.531. The van der Waals surface area contributed by atoms with E-state index in [1.54, 1.807) is 25.3 Å². The molecule has 0 spiro atoms.